The summed E-state index contributed by atoms with van der Waals surface area (Å²) in [5.74, 6) is -0.350. The first-order valence-electron chi connectivity index (χ1n) is 6.80. The Kier molecular flexibility index (Phi) is 3.25. The third kappa shape index (κ3) is 2.54. The number of halogens is 2. The lowest BCUT2D eigenvalue weighted by molar-refractivity contribution is 0.523. The highest BCUT2D eigenvalue weighted by Gasteiger charge is 2.22. The molecule has 0 radical (unpaired) electrons. The minimum Gasteiger partial charge on any atom is -0.306 e. The molecule has 3 rings (SSSR count). The van der Waals surface area contributed by atoms with Gasteiger partial charge in [0.05, 0.1) is 10.7 Å². The van der Waals surface area contributed by atoms with Crippen molar-refractivity contribution in [3.8, 4) is 11.3 Å². The van der Waals surface area contributed by atoms with E-state index in [-0.39, 0.29) is 16.3 Å². The lowest BCUT2D eigenvalue weighted by Crippen LogP contribution is -2.14. The average molecular weight is 303 g/mol. The molecule has 0 saturated heterocycles. The maximum Gasteiger partial charge on any atom is 0.145 e. The number of benzene rings is 1. The van der Waals surface area contributed by atoms with E-state index >= 15 is 0 Å². The molecule has 0 atom stereocenters. The van der Waals surface area contributed by atoms with Crippen molar-refractivity contribution in [2.75, 3.05) is 0 Å². The van der Waals surface area contributed by atoms with E-state index in [0.717, 1.165) is 16.9 Å². The van der Waals surface area contributed by atoms with Crippen LogP contribution in [0.3, 0.4) is 0 Å². The standard InChI is InChI=1S/C17H16ClFN2/c1-17(2,3)12-8-11(9-13(18)16(12)19)14-10-21-7-5-4-6-15(21)20-14/h4-10H,1-3H3. The zero-order valence-electron chi connectivity index (χ0n) is 12.2. The molecule has 2 heterocycles. The van der Waals surface area contributed by atoms with Crippen LogP contribution in [0, 0.1) is 5.82 Å². The quantitative estimate of drug-likeness (QED) is 0.612. The van der Waals surface area contributed by atoms with Gasteiger partial charge in [-0.15, -0.1) is 0 Å². The summed E-state index contributed by atoms with van der Waals surface area (Å²) in [6.07, 6.45) is 3.85. The average Bonchev–Trinajstić information content (AvgIpc) is 2.84. The van der Waals surface area contributed by atoms with Crippen LogP contribution < -0.4 is 0 Å². The van der Waals surface area contributed by atoms with Crippen molar-refractivity contribution in [2.24, 2.45) is 0 Å². The number of rotatable bonds is 1. The molecule has 2 nitrogen and oxygen atoms in total. The zero-order valence-corrected chi connectivity index (χ0v) is 12.9. The Morgan fingerprint density at radius 1 is 1.19 bits per heavy atom. The van der Waals surface area contributed by atoms with Crippen LogP contribution in [-0.2, 0) is 5.41 Å². The normalized spacial score (nSPS) is 12.0. The minimum absolute atomic E-state index is 0.134. The molecule has 0 bridgehead atoms. The van der Waals surface area contributed by atoms with Crippen molar-refractivity contribution in [3.63, 3.8) is 0 Å². The van der Waals surface area contributed by atoms with E-state index in [1.54, 1.807) is 6.07 Å². The second-order valence-corrected chi connectivity index (χ2v) is 6.57. The second kappa shape index (κ2) is 4.85. The minimum atomic E-state index is -0.350. The van der Waals surface area contributed by atoms with Crippen LogP contribution in [0.4, 0.5) is 4.39 Å². The van der Waals surface area contributed by atoms with E-state index < -0.39 is 0 Å². The summed E-state index contributed by atoms with van der Waals surface area (Å²) in [4.78, 5) is 4.56. The van der Waals surface area contributed by atoms with Gasteiger partial charge in [-0.1, -0.05) is 38.4 Å². The number of imidazole rings is 1. The molecular weight excluding hydrogens is 287 g/mol. The Morgan fingerprint density at radius 3 is 2.62 bits per heavy atom. The summed E-state index contributed by atoms with van der Waals surface area (Å²) < 4.78 is 16.2. The topological polar surface area (TPSA) is 17.3 Å². The number of fused-ring (bicyclic) bond motifs is 1. The molecule has 0 aliphatic carbocycles. The molecule has 1 aromatic carbocycles. The van der Waals surface area contributed by atoms with Gasteiger partial charge in [-0.2, -0.15) is 0 Å². The van der Waals surface area contributed by atoms with Gasteiger partial charge in [0, 0.05) is 18.0 Å². The molecule has 0 saturated carbocycles. The van der Waals surface area contributed by atoms with Crippen molar-refractivity contribution in [3.05, 3.63) is 59.1 Å². The summed E-state index contributed by atoms with van der Waals surface area (Å²) in [6, 6.07) is 9.28. The lowest BCUT2D eigenvalue weighted by Gasteiger charge is -2.21. The molecule has 3 aromatic rings. The maximum absolute atomic E-state index is 14.2. The van der Waals surface area contributed by atoms with Gasteiger partial charge in [0.15, 0.2) is 0 Å². The predicted octanol–water partition coefficient (Wildman–Crippen LogP) is 5.09. The SMILES string of the molecule is CC(C)(C)c1cc(-c2cn3ccccc3n2)cc(Cl)c1F. The van der Waals surface area contributed by atoms with Gasteiger partial charge >= 0.3 is 0 Å². The number of nitrogens with zero attached hydrogens (tertiary/aromatic N) is 2. The summed E-state index contributed by atoms with van der Waals surface area (Å²) in [5.41, 5.74) is 2.75. The largest absolute Gasteiger partial charge is 0.306 e. The van der Waals surface area contributed by atoms with Crippen LogP contribution in [0.5, 0.6) is 0 Å². The summed E-state index contributed by atoms with van der Waals surface area (Å²) in [7, 11) is 0. The van der Waals surface area contributed by atoms with Gasteiger partial charge in [0.2, 0.25) is 0 Å². The molecule has 0 N–H and O–H groups in total. The van der Waals surface area contributed by atoms with Crippen molar-refractivity contribution in [2.45, 2.75) is 26.2 Å². The smallest absolute Gasteiger partial charge is 0.145 e. The molecule has 0 aliphatic heterocycles. The third-order valence-corrected chi connectivity index (χ3v) is 3.77. The second-order valence-electron chi connectivity index (χ2n) is 6.16. The Hall–Kier alpha value is -1.87. The zero-order chi connectivity index (χ0) is 15.2. The van der Waals surface area contributed by atoms with E-state index in [1.165, 1.54) is 0 Å². The van der Waals surface area contributed by atoms with E-state index in [2.05, 4.69) is 4.98 Å². The number of hydrogen-bond donors (Lipinski definition) is 0. The van der Waals surface area contributed by atoms with Gasteiger partial charge in [0.1, 0.15) is 11.5 Å². The first kappa shape index (κ1) is 14.1. The molecule has 0 fully saturated rings. The van der Waals surface area contributed by atoms with Gasteiger partial charge in [-0.25, -0.2) is 9.37 Å². The molecule has 4 heteroatoms. The van der Waals surface area contributed by atoms with Crippen LogP contribution in [0.1, 0.15) is 26.3 Å². The number of hydrogen-bond acceptors (Lipinski definition) is 1. The first-order valence-corrected chi connectivity index (χ1v) is 7.18. The first-order chi connectivity index (χ1) is 9.86. The molecule has 0 spiro atoms. The fourth-order valence-corrected chi connectivity index (χ4v) is 2.58. The monoisotopic (exact) mass is 302 g/mol. The molecule has 2 aromatic heterocycles. The highest BCUT2D eigenvalue weighted by molar-refractivity contribution is 6.31. The van der Waals surface area contributed by atoms with Gasteiger partial charge in [0.25, 0.3) is 0 Å². The van der Waals surface area contributed by atoms with E-state index in [9.17, 15) is 4.39 Å². The predicted molar refractivity (Wildman–Crippen MR) is 84.3 cm³/mol. The number of aromatic nitrogens is 2. The highest BCUT2D eigenvalue weighted by Crippen LogP contribution is 2.34. The van der Waals surface area contributed by atoms with E-state index in [1.807, 2.05) is 61.8 Å². The van der Waals surface area contributed by atoms with Crippen LogP contribution in [0.25, 0.3) is 16.9 Å². The van der Waals surface area contributed by atoms with Crippen molar-refractivity contribution >= 4 is 17.2 Å². The van der Waals surface area contributed by atoms with Gasteiger partial charge < -0.3 is 4.40 Å². The third-order valence-electron chi connectivity index (χ3n) is 3.50. The van der Waals surface area contributed by atoms with Gasteiger partial charge in [-0.3, -0.25) is 0 Å². The maximum atomic E-state index is 14.2. The van der Waals surface area contributed by atoms with Crippen LogP contribution in [-0.4, -0.2) is 9.38 Å². The molecule has 0 aliphatic rings. The van der Waals surface area contributed by atoms with Crippen LogP contribution in [0.15, 0.2) is 42.7 Å². The Morgan fingerprint density at radius 2 is 1.95 bits per heavy atom. The highest BCUT2D eigenvalue weighted by atomic mass is 35.5. The van der Waals surface area contributed by atoms with Crippen molar-refractivity contribution < 1.29 is 4.39 Å². The Bertz CT molecular complexity index is 782. The fraction of sp³-hybridized carbons (Fsp3) is 0.235. The molecule has 108 valence electrons. The van der Waals surface area contributed by atoms with Gasteiger partial charge in [-0.05, 0) is 35.2 Å². The molecule has 21 heavy (non-hydrogen) atoms. The summed E-state index contributed by atoms with van der Waals surface area (Å²) >= 11 is 6.06. The molecular formula is C17H16ClFN2. The van der Waals surface area contributed by atoms with Crippen LogP contribution in [0.2, 0.25) is 5.02 Å². The van der Waals surface area contributed by atoms with E-state index in [0.29, 0.717) is 5.56 Å². The Labute approximate surface area is 128 Å². The van der Waals surface area contributed by atoms with Crippen molar-refractivity contribution in [1.82, 2.24) is 9.38 Å². The lowest BCUT2D eigenvalue weighted by atomic mass is 9.85. The Balaban J connectivity index is 2.20. The molecule has 0 unspecified atom stereocenters. The summed E-state index contributed by atoms with van der Waals surface area (Å²) in [6.45, 7) is 5.90. The van der Waals surface area contributed by atoms with Crippen molar-refractivity contribution in [1.29, 1.82) is 0 Å². The molecule has 0 amide bonds. The van der Waals surface area contributed by atoms with Crippen LogP contribution >= 0.6 is 11.6 Å². The summed E-state index contributed by atoms with van der Waals surface area (Å²) in [5, 5.41) is 0.134. The fourth-order valence-electron chi connectivity index (χ4n) is 2.36. The number of pyridine rings is 1. The van der Waals surface area contributed by atoms with E-state index in [4.69, 9.17) is 11.6 Å².